The molecule has 0 bridgehead atoms. The Labute approximate surface area is 86.0 Å². The van der Waals surface area contributed by atoms with Gasteiger partial charge in [-0.15, -0.1) is 0 Å². The second-order valence-electron chi connectivity index (χ2n) is 3.43. The predicted molar refractivity (Wildman–Crippen MR) is 59.4 cm³/mol. The minimum atomic E-state index is 0.255. The second kappa shape index (κ2) is 6.57. The van der Waals surface area contributed by atoms with E-state index < -0.39 is 0 Å². The molecule has 0 amide bonds. The molecule has 1 unspecified atom stereocenters. The van der Waals surface area contributed by atoms with Crippen LogP contribution in [0.1, 0.15) is 24.8 Å². The van der Waals surface area contributed by atoms with Gasteiger partial charge in [0.2, 0.25) is 0 Å². The Hall–Kier alpha value is -0.860. The number of benzene rings is 1. The Bertz CT molecular complexity index is 235. The van der Waals surface area contributed by atoms with Crippen LogP contribution < -0.4 is 5.32 Å². The Balaban J connectivity index is 2.58. The van der Waals surface area contributed by atoms with Crippen LogP contribution in [0.15, 0.2) is 30.3 Å². The van der Waals surface area contributed by atoms with Crippen molar-refractivity contribution in [2.75, 3.05) is 19.7 Å². The van der Waals surface area contributed by atoms with Crippen LogP contribution in [-0.4, -0.2) is 24.8 Å². The van der Waals surface area contributed by atoms with E-state index in [0.29, 0.717) is 5.92 Å². The number of likely N-dealkylation sites (N-methyl/N-ethyl adjacent to an activating group) is 1. The largest absolute Gasteiger partial charge is 0.396 e. The summed E-state index contributed by atoms with van der Waals surface area (Å²) in [4.78, 5) is 0. The van der Waals surface area contributed by atoms with E-state index in [1.165, 1.54) is 5.56 Å². The van der Waals surface area contributed by atoms with Crippen LogP contribution in [0, 0.1) is 0 Å². The van der Waals surface area contributed by atoms with E-state index in [1.54, 1.807) is 0 Å². The minimum absolute atomic E-state index is 0.255. The average Bonchev–Trinajstić information content (AvgIpc) is 2.25. The van der Waals surface area contributed by atoms with Gasteiger partial charge in [0.15, 0.2) is 0 Å². The van der Waals surface area contributed by atoms with Crippen molar-refractivity contribution in [3.8, 4) is 0 Å². The summed E-state index contributed by atoms with van der Waals surface area (Å²) in [6, 6.07) is 10.4. The minimum Gasteiger partial charge on any atom is -0.396 e. The van der Waals surface area contributed by atoms with Crippen LogP contribution in [0.25, 0.3) is 0 Å². The fourth-order valence-electron chi connectivity index (χ4n) is 1.59. The van der Waals surface area contributed by atoms with Gasteiger partial charge in [-0.05, 0) is 24.4 Å². The summed E-state index contributed by atoms with van der Waals surface area (Å²) in [6.07, 6.45) is 0.830. The average molecular weight is 193 g/mol. The summed E-state index contributed by atoms with van der Waals surface area (Å²) in [7, 11) is 0. The first-order valence-corrected chi connectivity index (χ1v) is 5.25. The van der Waals surface area contributed by atoms with Crippen molar-refractivity contribution in [3.05, 3.63) is 35.9 Å². The topological polar surface area (TPSA) is 32.3 Å². The van der Waals surface area contributed by atoms with Gasteiger partial charge in [0.05, 0.1) is 0 Å². The Kier molecular flexibility index (Phi) is 5.27. The molecular weight excluding hydrogens is 174 g/mol. The highest BCUT2D eigenvalue weighted by Crippen LogP contribution is 2.17. The van der Waals surface area contributed by atoms with Crippen LogP contribution in [0.5, 0.6) is 0 Å². The SMILES string of the molecule is CCNCC(CCO)c1ccccc1. The van der Waals surface area contributed by atoms with Crippen LogP contribution in [0.3, 0.4) is 0 Å². The highest BCUT2D eigenvalue weighted by Gasteiger charge is 2.09. The van der Waals surface area contributed by atoms with E-state index >= 15 is 0 Å². The summed E-state index contributed by atoms with van der Waals surface area (Å²) >= 11 is 0. The maximum atomic E-state index is 8.97. The first-order chi connectivity index (χ1) is 6.88. The molecule has 0 fully saturated rings. The van der Waals surface area contributed by atoms with Crippen LogP contribution >= 0.6 is 0 Å². The molecular formula is C12H19NO. The second-order valence-corrected chi connectivity index (χ2v) is 3.43. The molecule has 0 heterocycles. The fourth-order valence-corrected chi connectivity index (χ4v) is 1.59. The first kappa shape index (κ1) is 11.2. The summed E-state index contributed by atoms with van der Waals surface area (Å²) in [5.74, 6) is 0.432. The molecule has 1 atom stereocenters. The van der Waals surface area contributed by atoms with E-state index in [1.807, 2.05) is 18.2 Å². The molecule has 0 saturated heterocycles. The van der Waals surface area contributed by atoms with E-state index in [-0.39, 0.29) is 6.61 Å². The molecule has 0 radical (unpaired) electrons. The zero-order chi connectivity index (χ0) is 10.2. The maximum Gasteiger partial charge on any atom is 0.0437 e. The lowest BCUT2D eigenvalue weighted by Gasteiger charge is -2.16. The molecule has 14 heavy (non-hydrogen) atoms. The van der Waals surface area contributed by atoms with Crippen LogP contribution in [0.4, 0.5) is 0 Å². The molecule has 1 aromatic rings. The monoisotopic (exact) mass is 193 g/mol. The van der Waals surface area contributed by atoms with Crippen molar-refractivity contribution in [2.24, 2.45) is 0 Å². The summed E-state index contributed by atoms with van der Waals surface area (Å²) < 4.78 is 0. The van der Waals surface area contributed by atoms with E-state index in [9.17, 15) is 0 Å². The normalized spacial score (nSPS) is 12.7. The predicted octanol–water partition coefficient (Wildman–Crippen LogP) is 1.76. The summed E-state index contributed by atoms with van der Waals surface area (Å²) in [6.45, 7) is 4.28. The maximum absolute atomic E-state index is 8.97. The summed E-state index contributed by atoms with van der Waals surface area (Å²) in [5, 5.41) is 12.3. The Morgan fingerprint density at radius 2 is 2.00 bits per heavy atom. The van der Waals surface area contributed by atoms with Crippen molar-refractivity contribution < 1.29 is 5.11 Å². The number of rotatable bonds is 6. The smallest absolute Gasteiger partial charge is 0.0437 e. The van der Waals surface area contributed by atoms with Crippen LogP contribution in [-0.2, 0) is 0 Å². The lowest BCUT2D eigenvalue weighted by atomic mass is 9.96. The van der Waals surface area contributed by atoms with Gasteiger partial charge in [-0.2, -0.15) is 0 Å². The van der Waals surface area contributed by atoms with Crippen molar-refractivity contribution in [2.45, 2.75) is 19.3 Å². The molecule has 0 aliphatic rings. The molecule has 1 aromatic carbocycles. The van der Waals surface area contributed by atoms with Crippen molar-refractivity contribution >= 4 is 0 Å². The lowest BCUT2D eigenvalue weighted by Crippen LogP contribution is -2.21. The molecule has 0 aliphatic carbocycles. The molecule has 2 nitrogen and oxygen atoms in total. The van der Waals surface area contributed by atoms with Gasteiger partial charge in [-0.1, -0.05) is 37.3 Å². The van der Waals surface area contributed by atoms with Gasteiger partial charge in [0, 0.05) is 13.2 Å². The fraction of sp³-hybridized carbons (Fsp3) is 0.500. The third-order valence-electron chi connectivity index (χ3n) is 2.39. The quantitative estimate of drug-likeness (QED) is 0.721. The highest BCUT2D eigenvalue weighted by molar-refractivity contribution is 5.19. The van der Waals surface area contributed by atoms with Gasteiger partial charge in [-0.25, -0.2) is 0 Å². The van der Waals surface area contributed by atoms with Gasteiger partial charge in [0.25, 0.3) is 0 Å². The number of hydrogen-bond donors (Lipinski definition) is 2. The Morgan fingerprint density at radius 1 is 1.29 bits per heavy atom. The van der Waals surface area contributed by atoms with Crippen molar-refractivity contribution in [1.82, 2.24) is 5.32 Å². The van der Waals surface area contributed by atoms with Gasteiger partial charge in [0.1, 0.15) is 0 Å². The van der Waals surface area contributed by atoms with Gasteiger partial charge < -0.3 is 10.4 Å². The third kappa shape index (κ3) is 3.48. The first-order valence-electron chi connectivity index (χ1n) is 5.25. The van der Waals surface area contributed by atoms with Gasteiger partial charge >= 0.3 is 0 Å². The zero-order valence-electron chi connectivity index (χ0n) is 8.74. The van der Waals surface area contributed by atoms with Crippen LogP contribution in [0.2, 0.25) is 0 Å². The number of aliphatic hydroxyl groups is 1. The van der Waals surface area contributed by atoms with Crippen molar-refractivity contribution in [1.29, 1.82) is 0 Å². The van der Waals surface area contributed by atoms with Gasteiger partial charge in [-0.3, -0.25) is 0 Å². The number of hydrogen-bond acceptors (Lipinski definition) is 2. The molecule has 2 heteroatoms. The molecule has 2 N–H and O–H groups in total. The Morgan fingerprint density at radius 3 is 2.57 bits per heavy atom. The van der Waals surface area contributed by atoms with E-state index in [0.717, 1.165) is 19.5 Å². The number of aliphatic hydroxyl groups excluding tert-OH is 1. The standard InChI is InChI=1S/C12H19NO/c1-2-13-10-12(8-9-14)11-6-4-3-5-7-11/h3-7,12-14H,2,8-10H2,1H3. The third-order valence-corrected chi connectivity index (χ3v) is 2.39. The molecule has 1 rings (SSSR count). The molecule has 78 valence electrons. The van der Waals surface area contributed by atoms with E-state index in [4.69, 9.17) is 5.11 Å². The highest BCUT2D eigenvalue weighted by atomic mass is 16.3. The number of nitrogens with one attached hydrogen (secondary N) is 1. The zero-order valence-corrected chi connectivity index (χ0v) is 8.74. The van der Waals surface area contributed by atoms with Crippen molar-refractivity contribution in [3.63, 3.8) is 0 Å². The molecule has 0 aliphatic heterocycles. The molecule has 0 saturated carbocycles. The summed E-state index contributed by atoms with van der Waals surface area (Å²) in [5.41, 5.74) is 1.31. The molecule has 0 spiro atoms. The molecule has 0 aromatic heterocycles. The lowest BCUT2D eigenvalue weighted by molar-refractivity contribution is 0.274. The van der Waals surface area contributed by atoms with E-state index in [2.05, 4.69) is 24.4 Å².